The number of carbonyl (C=O) groups excluding carboxylic acids is 4. The van der Waals surface area contributed by atoms with Gasteiger partial charge in [-0.2, -0.15) is 0 Å². The minimum atomic E-state index is -2.72. The Bertz CT molecular complexity index is 1470. The molecule has 0 aliphatic heterocycles. The van der Waals surface area contributed by atoms with E-state index in [1.54, 1.807) is 14.1 Å². The molecule has 2 aromatic rings. The van der Waals surface area contributed by atoms with Crippen LogP contribution in [-0.4, -0.2) is 79.6 Å². The molecular weight excluding hydrogens is 500 g/mol. The zero-order valence-corrected chi connectivity index (χ0v) is 20.3. The van der Waals surface area contributed by atoms with E-state index in [1.807, 2.05) is 0 Å². The summed E-state index contributed by atoms with van der Waals surface area (Å²) in [6.45, 7) is 0. The Morgan fingerprint density at radius 3 is 2.50 bits per heavy atom. The summed E-state index contributed by atoms with van der Waals surface area (Å²) in [5, 5.41) is 50.4. The molecule has 0 saturated carbocycles. The number of hydrogen-bond acceptors (Lipinski definition) is 11. The maximum absolute atomic E-state index is 13.7. The zero-order valence-electron chi connectivity index (χ0n) is 20.3. The third kappa shape index (κ3) is 3.35. The third-order valence-corrected chi connectivity index (χ3v) is 7.52. The fraction of sp³-hybridized carbons (Fsp3) is 0.320. The van der Waals surface area contributed by atoms with Gasteiger partial charge in [-0.15, -0.1) is 0 Å². The number of aliphatic hydroxyl groups is 3. The molecule has 2 amide bonds. The van der Waals surface area contributed by atoms with Gasteiger partial charge in [0.05, 0.1) is 17.8 Å². The number of primary amides is 1. The van der Waals surface area contributed by atoms with Gasteiger partial charge in [-0.25, -0.2) is 0 Å². The van der Waals surface area contributed by atoms with Crippen LogP contribution in [0.15, 0.2) is 51.6 Å². The second-order valence-electron chi connectivity index (χ2n) is 9.78. The van der Waals surface area contributed by atoms with Crippen LogP contribution in [-0.2, 0) is 16.0 Å². The third-order valence-electron chi connectivity index (χ3n) is 7.52. The number of carbonyl (C=O) groups is 4. The second kappa shape index (κ2) is 8.53. The van der Waals surface area contributed by atoms with Crippen LogP contribution < -0.4 is 11.1 Å². The molecule has 1 aromatic heterocycles. The number of nitrogens with one attached hydrogen (secondary N) is 1. The van der Waals surface area contributed by atoms with Gasteiger partial charge in [0, 0.05) is 23.2 Å². The van der Waals surface area contributed by atoms with Crippen LogP contribution in [0.25, 0.3) is 0 Å². The number of aromatic hydroxyl groups is 1. The zero-order chi connectivity index (χ0) is 27.7. The Morgan fingerprint density at radius 1 is 1.18 bits per heavy atom. The van der Waals surface area contributed by atoms with Gasteiger partial charge in [0.1, 0.15) is 22.8 Å². The van der Waals surface area contributed by atoms with Crippen LogP contribution in [0.4, 0.5) is 5.69 Å². The lowest BCUT2D eigenvalue weighted by molar-refractivity contribution is -0.148. The van der Waals surface area contributed by atoms with Gasteiger partial charge in [-0.1, -0.05) is 5.16 Å². The molecule has 198 valence electrons. The number of rotatable bonds is 4. The first kappa shape index (κ1) is 25.2. The van der Waals surface area contributed by atoms with Crippen LogP contribution in [0.5, 0.6) is 5.75 Å². The first-order chi connectivity index (χ1) is 17.9. The second-order valence-corrected chi connectivity index (χ2v) is 9.78. The molecule has 0 fully saturated rings. The fourth-order valence-corrected chi connectivity index (χ4v) is 5.88. The molecule has 3 aliphatic carbocycles. The topological polar surface area (TPSA) is 217 Å². The van der Waals surface area contributed by atoms with Crippen LogP contribution in [0, 0.1) is 11.8 Å². The average Bonchev–Trinajstić information content (AvgIpc) is 3.38. The molecule has 7 N–H and O–H groups in total. The van der Waals surface area contributed by atoms with Crippen molar-refractivity contribution in [1.82, 2.24) is 10.1 Å². The van der Waals surface area contributed by atoms with E-state index in [1.165, 1.54) is 29.3 Å². The average molecular weight is 524 g/mol. The number of Topliss-reactive ketones (excluding diaryl/α,β-unsaturated/α-hetero) is 2. The number of ketones is 2. The highest BCUT2D eigenvalue weighted by Crippen LogP contribution is 2.52. The first-order valence-electron chi connectivity index (χ1n) is 11.6. The number of amides is 2. The SMILES string of the molecule is CN(C)C1C(O)=C(C(N)=O)C(=O)C2(O)C(O)=C3C(=O)c4c(O)ccc(NC(=O)c5ccno5)c4CC3CC12. The number of benzene rings is 1. The Hall–Kier alpha value is -4.49. The Kier molecular flexibility index (Phi) is 5.65. The highest BCUT2D eigenvalue weighted by molar-refractivity contribution is 6.25. The molecule has 13 nitrogen and oxygen atoms in total. The van der Waals surface area contributed by atoms with Gasteiger partial charge in [-0.05, 0) is 50.6 Å². The van der Waals surface area contributed by atoms with Crippen molar-refractivity contribution in [1.29, 1.82) is 0 Å². The molecule has 4 atom stereocenters. The Balaban J connectivity index is 1.65. The van der Waals surface area contributed by atoms with Gasteiger partial charge < -0.3 is 36.0 Å². The molecule has 4 unspecified atom stereocenters. The predicted molar refractivity (Wildman–Crippen MR) is 128 cm³/mol. The summed E-state index contributed by atoms with van der Waals surface area (Å²) in [7, 11) is 3.09. The summed E-state index contributed by atoms with van der Waals surface area (Å²) in [5.41, 5.74) is 1.68. The van der Waals surface area contributed by atoms with Gasteiger partial charge in [0.15, 0.2) is 11.4 Å². The summed E-state index contributed by atoms with van der Waals surface area (Å²) < 4.78 is 4.86. The van der Waals surface area contributed by atoms with E-state index >= 15 is 0 Å². The van der Waals surface area contributed by atoms with Gasteiger partial charge in [0.25, 0.3) is 11.8 Å². The molecule has 1 heterocycles. The maximum Gasteiger partial charge on any atom is 0.294 e. The van der Waals surface area contributed by atoms with E-state index in [4.69, 9.17) is 10.3 Å². The van der Waals surface area contributed by atoms with Crippen LogP contribution >= 0.6 is 0 Å². The van der Waals surface area contributed by atoms with Crippen LogP contribution in [0.2, 0.25) is 0 Å². The van der Waals surface area contributed by atoms with Gasteiger partial charge in [-0.3, -0.25) is 24.1 Å². The summed E-state index contributed by atoms with van der Waals surface area (Å²) in [5.74, 6) is -8.19. The number of aliphatic hydroxyl groups excluding tert-OH is 2. The number of phenolic OH excluding ortho intramolecular Hbond substituents is 1. The van der Waals surface area contributed by atoms with Crippen molar-refractivity contribution < 1.29 is 44.1 Å². The molecule has 1 aromatic carbocycles. The van der Waals surface area contributed by atoms with Crippen molar-refractivity contribution in [2.24, 2.45) is 17.6 Å². The molecule has 0 radical (unpaired) electrons. The van der Waals surface area contributed by atoms with Crippen LogP contribution in [0.3, 0.4) is 0 Å². The van der Waals surface area contributed by atoms with Crippen molar-refractivity contribution >= 4 is 29.1 Å². The fourth-order valence-electron chi connectivity index (χ4n) is 5.88. The number of nitrogens with two attached hydrogens (primary N) is 1. The number of nitrogens with zero attached hydrogens (tertiary/aromatic N) is 2. The van der Waals surface area contributed by atoms with E-state index in [0.717, 1.165) is 0 Å². The highest BCUT2D eigenvalue weighted by Gasteiger charge is 2.63. The van der Waals surface area contributed by atoms with E-state index in [9.17, 15) is 39.6 Å². The number of anilines is 1. The molecular formula is C25H24N4O9. The highest BCUT2D eigenvalue weighted by atomic mass is 16.5. The lowest BCUT2D eigenvalue weighted by Gasteiger charge is -2.50. The van der Waals surface area contributed by atoms with E-state index in [0.29, 0.717) is 0 Å². The van der Waals surface area contributed by atoms with Crippen molar-refractivity contribution in [3.63, 3.8) is 0 Å². The molecule has 0 bridgehead atoms. The minimum Gasteiger partial charge on any atom is -0.510 e. The summed E-state index contributed by atoms with van der Waals surface area (Å²) in [6, 6.07) is 2.83. The lowest BCUT2D eigenvalue weighted by atomic mass is 9.58. The minimum absolute atomic E-state index is 0.0228. The van der Waals surface area contributed by atoms with E-state index in [2.05, 4.69) is 10.5 Å². The standard InChI is InChI=1S/C25H24N4O9/c1-29(2)18-11-8-9-7-10-12(28-24(36)14-5-6-27-38-14)3-4-13(30)16(10)19(31)15(9)21(33)25(11,37)22(34)17(20(18)32)23(26)35/h3-6,9,11,18,30,32-33,37H,7-8H2,1-2H3,(H2,26,35)(H,28,36). The number of aromatic nitrogens is 1. The number of phenols is 1. The molecule has 0 saturated heterocycles. The quantitative estimate of drug-likeness (QED) is 0.237. The first-order valence-corrected chi connectivity index (χ1v) is 11.6. The predicted octanol–water partition coefficient (Wildman–Crippen LogP) is 0.361. The van der Waals surface area contributed by atoms with Crippen molar-refractivity contribution in [2.75, 3.05) is 19.4 Å². The summed E-state index contributed by atoms with van der Waals surface area (Å²) in [4.78, 5) is 53.0. The number of likely N-dealkylation sites (N-methyl/N-ethyl adjacent to an activating group) is 1. The van der Waals surface area contributed by atoms with E-state index < -0.39 is 69.7 Å². The largest absolute Gasteiger partial charge is 0.510 e. The molecule has 0 spiro atoms. The number of allylic oxidation sites excluding steroid dienone is 1. The molecule has 5 rings (SSSR count). The molecule has 13 heteroatoms. The van der Waals surface area contributed by atoms with Gasteiger partial charge >= 0.3 is 0 Å². The maximum atomic E-state index is 13.7. The summed E-state index contributed by atoms with van der Waals surface area (Å²) >= 11 is 0. The summed E-state index contributed by atoms with van der Waals surface area (Å²) in [6.07, 6.45) is 1.24. The van der Waals surface area contributed by atoms with Crippen LogP contribution in [0.1, 0.15) is 32.9 Å². The number of hydrogen-bond donors (Lipinski definition) is 6. The van der Waals surface area contributed by atoms with Crippen molar-refractivity contribution in [3.8, 4) is 5.75 Å². The monoisotopic (exact) mass is 524 g/mol. The Morgan fingerprint density at radius 2 is 1.89 bits per heavy atom. The number of fused-ring (bicyclic) bond motifs is 3. The normalized spacial score (nSPS) is 26.7. The smallest absolute Gasteiger partial charge is 0.294 e. The van der Waals surface area contributed by atoms with Crippen molar-refractivity contribution in [3.05, 3.63) is 63.9 Å². The van der Waals surface area contributed by atoms with E-state index in [-0.39, 0.29) is 41.0 Å². The Labute approximate surface area is 214 Å². The van der Waals surface area contributed by atoms with Crippen molar-refractivity contribution in [2.45, 2.75) is 24.5 Å². The van der Waals surface area contributed by atoms with Gasteiger partial charge in [0.2, 0.25) is 11.5 Å². The lowest BCUT2D eigenvalue weighted by Crippen LogP contribution is -2.63. The molecule has 38 heavy (non-hydrogen) atoms. The molecule has 3 aliphatic rings.